The second-order valence-electron chi connectivity index (χ2n) is 5.50. The highest BCUT2D eigenvalue weighted by atomic mass is 16.2. The van der Waals surface area contributed by atoms with Crippen LogP contribution in [0.2, 0.25) is 0 Å². The Morgan fingerprint density at radius 3 is 2.84 bits per heavy atom. The monoisotopic (exact) mass is 263 g/mol. The van der Waals surface area contributed by atoms with Crippen LogP contribution >= 0.6 is 0 Å². The van der Waals surface area contributed by atoms with Crippen LogP contribution in [0.25, 0.3) is 0 Å². The highest BCUT2D eigenvalue weighted by molar-refractivity contribution is 5.75. The van der Waals surface area contributed by atoms with Gasteiger partial charge in [0, 0.05) is 25.7 Å². The third-order valence-corrected chi connectivity index (χ3v) is 3.74. The van der Waals surface area contributed by atoms with Crippen LogP contribution in [0.15, 0.2) is 6.20 Å². The van der Waals surface area contributed by atoms with Crippen LogP contribution in [-0.4, -0.2) is 44.9 Å². The first-order chi connectivity index (χ1) is 9.31. The normalized spacial score (nSPS) is 19.7. The molecule has 1 amide bonds. The molecule has 0 aromatic carbocycles. The number of carbonyl (C=O) groups is 1. The number of hydrogen-bond acceptors (Lipinski definition) is 4. The van der Waals surface area contributed by atoms with Crippen LogP contribution in [-0.2, 0) is 17.9 Å². The molecule has 3 rings (SSSR count). The molecular formula is C13H21N5O. The van der Waals surface area contributed by atoms with Crippen molar-refractivity contribution in [2.24, 2.45) is 0 Å². The Bertz CT molecular complexity index is 434. The molecule has 0 atom stereocenters. The highest BCUT2D eigenvalue weighted by Crippen LogP contribution is 2.18. The van der Waals surface area contributed by atoms with Crippen LogP contribution in [0.5, 0.6) is 0 Å². The molecule has 1 saturated carbocycles. The Kier molecular flexibility index (Phi) is 3.77. The summed E-state index contributed by atoms with van der Waals surface area (Å²) in [4.78, 5) is 14.0. The van der Waals surface area contributed by atoms with Crippen LogP contribution in [0.1, 0.15) is 37.8 Å². The van der Waals surface area contributed by atoms with Crippen molar-refractivity contribution in [3.63, 3.8) is 0 Å². The van der Waals surface area contributed by atoms with Gasteiger partial charge in [-0.1, -0.05) is 5.21 Å². The maximum atomic E-state index is 12.1. The molecule has 6 nitrogen and oxygen atoms in total. The van der Waals surface area contributed by atoms with Crippen molar-refractivity contribution in [1.29, 1.82) is 0 Å². The minimum atomic E-state index is 0.159. The first kappa shape index (κ1) is 12.6. The van der Waals surface area contributed by atoms with E-state index in [2.05, 4.69) is 15.6 Å². The summed E-state index contributed by atoms with van der Waals surface area (Å²) in [5, 5.41) is 11.5. The van der Waals surface area contributed by atoms with E-state index < -0.39 is 0 Å². The van der Waals surface area contributed by atoms with Gasteiger partial charge in [-0.05, 0) is 32.1 Å². The predicted octanol–water partition coefficient (Wildman–Crippen LogP) is 0.543. The topological polar surface area (TPSA) is 63.1 Å². The predicted molar refractivity (Wildman–Crippen MR) is 70.3 cm³/mol. The maximum absolute atomic E-state index is 12.1. The van der Waals surface area contributed by atoms with Crippen molar-refractivity contribution in [2.45, 2.75) is 51.2 Å². The van der Waals surface area contributed by atoms with Gasteiger partial charge in [0.25, 0.3) is 0 Å². The lowest BCUT2D eigenvalue weighted by Crippen LogP contribution is -2.37. The Labute approximate surface area is 113 Å². The van der Waals surface area contributed by atoms with E-state index in [1.165, 1.54) is 19.3 Å². The van der Waals surface area contributed by atoms with E-state index in [9.17, 15) is 4.79 Å². The molecule has 1 aromatic rings. The van der Waals surface area contributed by atoms with Gasteiger partial charge in [0.2, 0.25) is 5.91 Å². The number of piperidine rings is 1. The van der Waals surface area contributed by atoms with Crippen LogP contribution in [0.4, 0.5) is 0 Å². The van der Waals surface area contributed by atoms with Gasteiger partial charge in [-0.15, -0.1) is 5.10 Å². The number of amides is 1. The Morgan fingerprint density at radius 2 is 2.11 bits per heavy atom. The molecule has 1 aromatic heterocycles. The van der Waals surface area contributed by atoms with Gasteiger partial charge in [-0.25, -0.2) is 4.68 Å². The summed E-state index contributed by atoms with van der Waals surface area (Å²) in [5.41, 5.74) is 0.915. The highest BCUT2D eigenvalue weighted by Gasteiger charge is 2.21. The van der Waals surface area contributed by atoms with Crippen molar-refractivity contribution in [1.82, 2.24) is 25.2 Å². The van der Waals surface area contributed by atoms with Crippen molar-refractivity contribution < 1.29 is 4.79 Å². The first-order valence-corrected chi connectivity index (χ1v) is 7.21. The number of nitrogens with zero attached hydrogens (tertiary/aromatic N) is 4. The number of likely N-dealkylation sites (tertiary alicyclic amines) is 1. The molecule has 1 saturated heterocycles. The Hall–Kier alpha value is -1.43. The summed E-state index contributed by atoms with van der Waals surface area (Å²) in [6, 6.07) is 0.667. The SMILES string of the molecule is O=C(Cn1cc(CNC2CC2)nn1)N1CCCCC1. The molecule has 2 aliphatic rings. The molecule has 0 radical (unpaired) electrons. The number of nitrogens with one attached hydrogen (secondary N) is 1. The molecule has 1 aliphatic carbocycles. The van der Waals surface area contributed by atoms with Crippen molar-refractivity contribution in [3.8, 4) is 0 Å². The van der Waals surface area contributed by atoms with E-state index in [0.717, 1.165) is 38.2 Å². The fourth-order valence-corrected chi connectivity index (χ4v) is 2.42. The zero-order valence-corrected chi connectivity index (χ0v) is 11.2. The molecule has 1 aliphatic heterocycles. The number of aromatic nitrogens is 3. The number of hydrogen-bond donors (Lipinski definition) is 1. The lowest BCUT2D eigenvalue weighted by atomic mass is 10.1. The lowest BCUT2D eigenvalue weighted by molar-refractivity contribution is -0.132. The molecule has 0 unspecified atom stereocenters. The van der Waals surface area contributed by atoms with E-state index >= 15 is 0 Å². The molecule has 6 heteroatoms. The fourth-order valence-electron chi connectivity index (χ4n) is 2.42. The Morgan fingerprint density at radius 1 is 1.32 bits per heavy atom. The molecule has 0 bridgehead atoms. The van der Waals surface area contributed by atoms with E-state index in [1.807, 2.05) is 11.1 Å². The van der Waals surface area contributed by atoms with Crippen molar-refractivity contribution >= 4 is 5.91 Å². The third-order valence-electron chi connectivity index (χ3n) is 3.74. The third kappa shape index (κ3) is 3.53. The van der Waals surface area contributed by atoms with Crippen LogP contribution in [0.3, 0.4) is 0 Å². The van der Waals surface area contributed by atoms with Crippen molar-refractivity contribution in [2.75, 3.05) is 13.1 Å². The summed E-state index contributed by atoms with van der Waals surface area (Å²) in [5.74, 6) is 0.159. The van der Waals surface area contributed by atoms with Crippen LogP contribution < -0.4 is 5.32 Å². The molecular weight excluding hydrogens is 242 g/mol. The largest absolute Gasteiger partial charge is 0.341 e. The van der Waals surface area contributed by atoms with Gasteiger partial charge < -0.3 is 10.2 Å². The standard InChI is InChI=1S/C13H21N5O/c19-13(17-6-2-1-3-7-17)10-18-9-12(15-16-18)8-14-11-4-5-11/h9,11,14H,1-8,10H2. The molecule has 0 spiro atoms. The van der Waals surface area contributed by atoms with E-state index in [4.69, 9.17) is 0 Å². The van der Waals surface area contributed by atoms with E-state index in [-0.39, 0.29) is 5.91 Å². The van der Waals surface area contributed by atoms with Gasteiger partial charge in [0.15, 0.2) is 0 Å². The molecule has 2 fully saturated rings. The van der Waals surface area contributed by atoms with Gasteiger partial charge >= 0.3 is 0 Å². The van der Waals surface area contributed by atoms with Crippen molar-refractivity contribution in [3.05, 3.63) is 11.9 Å². The smallest absolute Gasteiger partial charge is 0.244 e. The van der Waals surface area contributed by atoms with Gasteiger partial charge in [0.1, 0.15) is 6.54 Å². The average Bonchev–Trinajstić information content (AvgIpc) is 3.17. The minimum Gasteiger partial charge on any atom is -0.341 e. The maximum Gasteiger partial charge on any atom is 0.244 e. The molecule has 104 valence electrons. The summed E-state index contributed by atoms with van der Waals surface area (Å²) in [6.07, 6.45) is 7.89. The summed E-state index contributed by atoms with van der Waals surface area (Å²) in [6.45, 7) is 2.85. The minimum absolute atomic E-state index is 0.159. The second kappa shape index (κ2) is 5.69. The number of carbonyl (C=O) groups excluding carboxylic acids is 1. The van der Waals surface area contributed by atoms with E-state index in [1.54, 1.807) is 4.68 Å². The average molecular weight is 263 g/mol. The fraction of sp³-hybridized carbons (Fsp3) is 0.769. The first-order valence-electron chi connectivity index (χ1n) is 7.21. The zero-order valence-electron chi connectivity index (χ0n) is 11.2. The summed E-state index contributed by atoms with van der Waals surface area (Å²) in [7, 11) is 0. The van der Waals surface area contributed by atoms with Crippen LogP contribution in [0, 0.1) is 0 Å². The van der Waals surface area contributed by atoms with Gasteiger partial charge in [-0.3, -0.25) is 4.79 Å². The number of rotatable bonds is 5. The van der Waals surface area contributed by atoms with Gasteiger partial charge in [0.05, 0.1) is 11.9 Å². The lowest BCUT2D eigenvalue weighted by Gasteiger charge is -2.26. The zero-order chi connectivity index (χ0) is 13.1. The molecule has 1 N–H and O–H groups in total. The quantitative estimate of drug-likeness (QED) is 0.842. The van der Waals surface area contributed by atoms with E-state index in [0.29, 0.717) is 12.6 Å². The molecule has 2 heterocycles. The second-order valence-corrected chi connectivity index (χ2v) is 5.50. The summed E-state index contributed by atoms with van der Waals surface area (Å²) >= 11 is 0. The Balaban J connectivity index is 1.49. The van der Waals surface area contributed by atoms with Gasteiger partial charge in [-0.2, -0.15) is 0 Å². The summed E-state index contributed by atoms with van der Waals surface area (Å²) < 4.78 is 1.65. The molecule has 19 heavy (non-hydrogen) atoms.